The molecule has 1 N–H and O–H groups in total. The van der Waals surface area contributed by atoms with Crippen LogP contribution in [0.1, 0.15) is 5.56 Å². The monoisotopic (exact) mass is 329 g/mol. The highest BCUT2D eigenvalue weighted by Crippen LogP contribution is 2.25. The Kier molecular flexibility index (Phi) is 4.09. The number of fused-ring (bicyclic) bond motifs is 1. The lowest BCUT2D eigenvalue weighted by Gasteiger charge is -2.10. The molecule has 3 nitrogen and oxygen atoms in total. The van der Waals surface area contributed by atoms with Crippen molar-refractivity contribution in [2.75, 3.05) is 5.32 Å². The van der Waals surface area contributed by atoms with Gasteiger partial charge >= 0.3 is 0 Å². The van der Waals surface area contributed by atoms with E-state index in [2.05, 4.69) is 27.4 Å². The summed E-state index contributed by atoms with van der Waals surface area (Å²) in [5.74, 6) is 0.527. The molecule has 0 saturated carbocycles. The maximum atomic E-state index is 13.4. The first-order valence-corrected chi connectivity index (χ1v) is 8.09. The summed E-state index contributed by atoms with van der Waals surface area (Å²) in [6.45, 7) is 0.693. The molecule has 2 aromatic carbocycles. The number of anilines is 1. The van der Waals surface area contributed by atoms with Gasteiger partial charge in [0.1, 0.15) is 11.6 Å². The minimum atomic E-state index is -0.264. The van der Waals surface area contributed by atoms with Gasteiger partial charge in [-0.15, -0.1) is 0 Å². The Labute approximate surface area is 145 Å². The van der Waals surface area contributed by atoms with E-state index in [-0.39, 0.29) is 5.82 Å². The predicted octanol–water partition coefficient (Wildman–Crippen LogP) is 5.05. The molecule has 4 aromatic rings. The van der Waals surface area contributed by atoms with Gasteiger partial charge in [0.2, 0.25) is 0 Å². The van der Waals surface area contributed by atoms with Crippen LogP contribution in [0.2, 0.25) is 0 Å². The molecule has 0 aliphatic carbocycles. The van der Waals surface area contributed by atoms with E-state index < -0.39 is 0 Å². The van der Waals surface area contributed by atoms with E-state index >= 15 is 0 Å². The molecule has 2 heterocycles. The molecule has 4 heteroatoms. The van der Waals surface area contributed by atoms with Crippen LogP contribution in [0.5, 0.6) is 0 Å². The first kappa shape index (κ1) is 15.3. The van der Waals surface area contributed by atoms with Gasteiger partial charge < -0.3 is 5.32 Å². The van der Waals surface area contributed by atoms with Gasteiger partial charge in [0.25, 0.3) is 0 Å². The molecule has 0 unspecified atom stereocenters. The molecule has 0 spiro atoms. The number of benzene rings is 2. The highest BCUT2D eigenvalue weighted by atomic mass is 19.1. The quantitative estimate of drug-likeness (QED) is 0.569. The summed E-state index contributed by atoms with van der Waals surface area (Å²) < 4.78 is 13.4. The number of nitrogens with one attached hydrogen (secondary N) is 1. The van der Waals surface area contributed by atoms with Crippen LogP contribution in [0.3, 0.4) is 0 Å². The van der Waals surface area contributed by atoms with Crippen LogP contribution in [0, 0.1) is 5.82 Å². The van der Waals surface area contributed by atoms with Crippen LogP contribution >= 0.6 is 0 Å². The smallest absolute Gasteiger partial charge is 0.135 e. The Hall–Kier alpha value is -3.27. The first-order chi connectivity index (χ1) is 12.3. The third kappa shape index (κ3) is 3.33. The number of rotatable bonds is 4. The zero-order valence-electron chi connectivity index (χ0n) is 13.5. The highest BCUT2D eigenvalue weighted by molar-refractivity contribution is 5.90. The van der Waals surface area contributed by atoms with E-state index in [9.17, 15) is 4.39 Å². The zero-order chi connectivity index (χ0) is 17.1. The van der Waals surface area contributed by atoms with Gasteiger partial charge in [0.05, 0.1) is 11.2 Å². The summed E-state index contributed by atoms with van der Waals surface area (Å²) in [5.41, 5.74) is 3.52. The van der Waals surface area contributed by atoms with E-state index in [1.54, 1.807) is 12.3 Å². The Morgan fingerprint density at radius 1 is 0.880 bits per heavy atom. The van der Waals surface area contributed by atoms with Crippen molar-refractivity contribution in [2.45, 2.75) is 6.54 Å². The molecular formula is C21H16FN3. The summed E-state index contributed by atoms with van der Waals surface area (Å²) >= 11 is 0. The molecule has 0 aliphatic heterocycles. The molecule has 0 atom stereocenters. The maximum absolute atomic E-state index is 13.4. The van der Waals surface area contributed by atoms with Gasteiger partial charge in [0, 0.05) is 23.7 Å². The van der Waals surface area contributed by atoms with Crippen molar-refractivity contribution in [3.05, 3.63) is 90.4 Å². The third-order valence-corrected chi connectivity index (χ3v) is 4.04. The van der Waals surface area contributed by atoms with Crippen LogP contribution in [0.25, 0.3) is 22.2 Å². The van der Waals surface area contributed by atoms with E-state index in [4.69, 9.17) is 0 Å². The standard InChI is InChI=1S/C21H16FN3/c22-17-8-4-7-16(13-17)19-10-9-18-20(25-19)11-12-23-21(18)24-14-15-5-2-1-3-6-15/h1-13H,14H2,(H,23,24). The van der Waals surface area contributed by atoms with E-state index in [1.165, 1.54) is 17.7 Å². The SMILES string of the molecule is Fc1cccc(-c2ccc3c(NCc4ccccc4)nccc3n2)c1. The van der Waals surface area contributed by atoms with Gasteiger partial charge in [0.15, 0.2) is 0 Å². The number of nitrogens with zero attached hydrogens (tertiary/aromatic N) is 2. The van der Waals surface area contributed by atoms with Crippen LogP contribution in [-0.2, 0) is 6.54 Å². The van der Waals surface area contributed by atoms with Crippen LogP contribution in [-0.4, -0.2) is 9.97 Å². The minimum absolute atomic E-state index is 0.264. The fraction of sp³-hybridized carbons (Fsp3) is 0.0476. The lowest BCUT2D eigenvalue weighted by molar-refractivity contribution is 0.628. The zero-order valence-corrected chi connectivity index (χ0v) is 13.5. The average Bonchev–Trinajstić information content (AvgIpc) is 2.66. The van der Waals surface area contributed by atoms with Gasteiger partial charge in [-0.2, -0.15) is 0 Å². The Morgan fingerprint density at radius 2 is 1.76 bits per heavy atom. The van der Waals surface area contributed by atoms with Gasteiger partial charge in [-0.05, 0) is 35.9 Å². The second kappa shape index (κ2) is 6.69. The van der Waals surface area contributed by atoms with Crippen molar-refractivity contribution in [3.63, 3.8) is 0 Å². The lowest BCUT2D eigenvalue weighted by Crippen LogP contribution is -2.02. The van der Waals surface area contributed by atoms with Crippen LogP contribution in [0.15, 0.2) is 79.0 Å². The largest absolute Gasteiger partial charge is 0.365 e. The van der Waals surface area contributed by atoms with Crippen molar-refractivity contribution < 1.29 is 4.39 Å². The predicted molar refractivity (Wildman–Crippen MR) is 98.7 cm³/mol. The van der Waals surface area contributed by atoms with E-state index in [1.807, 2.05) is 42.5 Å². The lowest BCUT2D eigenvalue weighted by atomic mass is 10.1. The second-order valence-corrected chi connectivity index (χ2v) is 5.77. The molecule has 4 rings (SSSR count). The van der Waals surface area contributed by atoms with Gasteiger partial charge in [-0.3, -0.25) is 0 Å². The maximum Gasteiger partial charge on any atom is 0.135 e. The first-order valence-electron chi connectivity index (χ1n) is 8.09. The normalized spacial score (nSPS) is 10.8. The fourth-order valence-electron chi connectivity index (χ4n) is 2.79. The molecular weight excluding hydrogens is 313 g/mol. The van der Waals surface area contributed by atoms with Crippen molar-refractivity contribution in [1.29, 1.82) is 0 Å². The second-order valence-electron chi connectivity index (χ2n) is 5.77. The number of halogens is 1. The van der Waals surface area contributed by atoms with Gasteiger partial charge in [-0.1, -0.05) is 42.5 Å². The Morgan fingerprint density at radius 3 is 2.60 bits per heavy atom. The minimum Gasteiger partial charge on any atom is -0.365 e. The molecule has 122 valence electrons. The molecule has 0 radical (unpaired) electrons. The topological polar surface area (TPSA) is 37.8 Å². The summed E-state index contributed by atoms with van der Waals surface area (Å²) in [7, 11) is 0. The number of hydrogen-bond acceptors (Lipinski definition) is 3. The highest BCUT2D eigenvalue weighted by Gasteiger charge is 2.07. The molecule has 0 fully saturated rings. The van der Waals surface area contributed by atoms with Crippen molar-refractivity contribution >= 4 is 16.7 Å². The van der Waals surface area contributed by atoms with Crippen LogP contribution < -0.4 is 5.32 Å². The Bertz CT molecular complexity index is 1020. The van der Waals surface area contributed by atoms with Crippen molar-refractivity contribution in [1.82, 2.24) is 9.97 Å². The molecule has 0 bridgehead atoms. The molecule has 0 aliphatic rings. The Balaban J connectivity index is 1.66. The number of aromatic nitrogens is 2. The summed E-state index contributed by atoms with van der Waals surface area (Å²) in [5, 5.41) is 4.30. The summed E-state index contributed by atoms with van der Waals surface area (Å²) in [6, 6.07) is 22.4. The summed E-state index contributed by atoms with van der Waals surface area (Å²) in [4.78, 5) is 9.08. The van der Waals surface area contributed by atoms with E-state index in [0.29, 0.717) is 6.54 Å². The molecule has 0 amide bonds. The molecule has 2 aromatic heterocycles. The fourth-order valence-corrected chi connectivity index (χ4v) is 2.79. The van der Waals surface area contributed by atoms with Crippen molar-refractivity contribution in [2.24, 2.45) is 0 Å². The molecule has 0 saturated heterocycles. The number of hydrogen-bond donors (Lipinski definition) is 1. The summed E-state index contributed by atoms with van der Waals surface area (Å²) in [6.07, 6.45) is 1.73. The third-order valence-electron chi connectivity index (χ3n) is 4.04. The molecule has 25 heavy (non-hydrogen) atoms. The number of pyridine rings is 2. The van der Waals surface area contributed by atoms with E-state index in [0.717, 1.165) is 28.0 Å². The van der Waals surface area contributed by atoms with Gasteiger partial charge in [-0.25, -0.2) is 14.4 Å². The van der Waals surface area contributed by atoms with Crippen molar-refractivity contribution in [3.8, 4) is 11.3 Å². The average molecular weight is 329 g/mol. The van der Waals surface area contributed by atoms with Crippen LogP contribution in [0.4, 0.5) is 10.2 Å².